The lowest BCUT2D eigenvalue weighted by Crippen LogP contribution is -2.21. The van der Waals surface area contributed by atoms with E-state index in [9.17, 15) is 13.2 Å². The van der Waals surface area contributed by atoms with Crippen molar-refractivity contribution in [3.8, 4) is 0 Å². The maximum absolute atomic E-state index is 12.3. The Morgan fingerprint density at radius 2 is 2.10 bits per heavy atom. The molecule has 56 valence electrons. The minimum Gasteiger partial charge on any atom is -0.358 e. The third kappa shape index (κ3) is 1.60. The molecule has 1 rings (SSSR count). The van der Waals surface area contributed by atoms with Crippen molar-refractivity contribution in [1.82, 2.24) is 0 Å². The standard InChI is InChI=1S/C6H5F3O/c7-4-1-5(8)3-6(9,10)2-4/h1-2,10H,3H2. The van der Waals surface area contributed by atoms with Gasteiger partial charge < -0.3 is 5.11 Å². The van der Waals surface area contributed by atoms with Gasteiger partial charge in [0.05, 0.1) is 6.42 Å². The Balaban J connectivity index is 2.88. The molecule has 1 nitrogen and oxygen atoms in total. The van der Waals surface area contributed by atoms with Crippen LogP contribution in [-0.4, -0.2) is 11.0 Å². The van der Waals surface area contributed by atoms with Gasteiger partial charge >= 0.3 is 0 Å². The summed E-state index contributed by atoms with van der Waals surface area (Å²) in [6.45, 7) is 0. The highest BCUT2D eigenvalue weighted by Crippen LogP contribution is 2.28. The molecule has 1 unspecified atom stereocenters. The molecule has 1 aliphatic carbocycles. The zero-order valence-corrected chi connectivity index (χ0v) is 4.94. The predicted octanol–water partition coefficient (Wildman–Crippen LogP) is 1.75. The van der Waals surface area contributed by atoms with Gasteiger partial charge in [-0.1, -0.05) is 0 Å². The Morgan fingerprint density at radius 3 is 2.50 bits per heavy atom. The monoisotopic (exact) mass is 150 g/mol. The highest BCUT2D eigenvalue weighted by molar-refractivity contribution is 5.23. The Morgan fingerprint density at radius 1 is 1.50 bits per heavy atom. The summed E-state index contributed by atoms with van der Waals surface area (Å²) >= 11 is 0. The van der Waals surface area contributed by atoms with Crippen molar-refractivity contribution in [2.45, 2.75) is 12.3 Å². The van der Waals surface area contributed by atoms with Crippen LogP contribution in [0.1, 0.15) is 6.42 Å². The SMILES string of the molecule is OC1(F)C=C(F)C=C(F)C1. The van der Waals surface area contributed by atoms with Gasteiger partial charge in [-0.15, -0.1) is 0 Å². The maximum Gasteiger partial charge on any atom is 0.235 e. The molecule has 0 fully saturated rings. The van der Waals surface area contributed by atoms with Gasteiger partial charge in [-0.25, -0.2) is 13.2 Å². The fourth-order valence-corrected chi connectivity index (χ4v) is 0.741. The molecule has 1 atom stereocenters. The second kappa shape index (κ2) is 2.12. The van der Waals surface area contributed by atoms with Crippen molar-refractivity contribution < 1.29 is 18.3 Å². The number of allylic oxidation sites excluding steroid dienone is 2. The minimum absolute atomic E-state index is 0.329. The van der Waals surface area contributed by atoms with Crippen LogP contribution < -0.4 is 0 Å². The summed E-state index contributed by atoms with van der Waals surface area (Å²) in [4.78, 5) is 0. The molecule has 0 aliphatic heterocycles. The van der Waals surface area contributed by atoms with Gasteiger partial charge in [-0.05, 0) is 0 Å². The molecule has 0 saturated carbocycles. The van der Waals surface area contributed by atoms with E-state index in [-0.39, 0.29) is 0 Å². The molecule has 0 bridgehead atoms. The number of halogens is 3. The van der Waals surface area contributed by atoms with Gasteiger partial charge in [0.25, 0.3) is 0 Å². The van der Waals surface area contributed by atoms with Gasteiger partial charge in [0.2, 0.25) is 5.85 Å². The molecule has 0 spiro atoms. The smallest absolute Gasteiger partial charge is 0.235 e. The summed E-state index contributed by atoms with van der Waals surface area (Å²) in [5.74, 6) is -4.94. The Hall–Kier alpha value is -0.770. The fraction of sp³-hybridized carbons (Fsp3) is 0.333. The first-order chi connectivity index (χ1) is 4.49. The van der Waals surface area contributed by atoms with Gasteiger partial charge in [-0.3, -0.25) is 0 Å². The van der Waals surface area contributed by atoms with Crippen LogP contribution in [0, 0.1) is 0 Å². The summed E-state index contributed by atoms with van der Waals surface area (Å²) in [6.07, 6.45) is 0.0601. The lowest BCUT2D eigenvalue weighted by molar-refractivity contribution is -0.0467. The van der Waals surface area contributed by atoms with Crippen molar-refractivity contribution in [1.29, 1.82) is 0 Å². The summed E-state index contributed by atoms with van der Waals surface area (Å²) in [5, 5.41) is 8.45. The zero-order valence-electron chi connectivity index (χ0n) is 4.94. The van der Waals surface area contributed by atoms with Crippen LogP contribution >= 0.6 is 0 Å². The summed E-state index contributed by atoms with van der Waals surface area (Å²) < 4.78 is 36.5. The quantitative estimate of drug-likeness (QED) is 0.557. The van der Waals surface area contributed by atoms with Crippen molar-refractivity contribution in [3.63, 3.8) is 0 Å². The van der Waals surface area contributed by atoms with E-state index in [1.54, 1.807) is 0 Å². The van der Waals surface area contributed by atoms with Gasteiger partial charge in [-0.2, -0.15) is 0 Å². The number of hydrogen-bond donors (Lipinski definition) is 1. The van der Waals surface area contributed by atoms with E-state index in [2.05, 4.69) is 0 Å². The minimum atomic E-state index is -2.86. The van der Waals surface area contributed by atoms with Crippen molar-refractivity contribution >= 4 is 0 Å². The van der Waals surface area contributed by atoms with E-state index in [1.165, 1.54) is 0 Å². The van der Waals surface area contributed by atoms with E-state index in [0.29, 0.717) is 12.2 Å². The number of hydrogen-bond acceptors (Lipinski definition) is 1. The molecule has 1 aliphatic rings. The third-order valence-corrected chi connectivity index (χ3v) is 1.07. The maximum atomic E-state index is 12.3. The van der Waals surface area contributed by atoms with E-state index in [4.69, 9.17) is 5.11 Å². The fourth-order valence-electron chi connectivity index (χ4n) is 0.741. The number of rotatable bonds is 0. The van der Waals surface area contributed by atoms with Crippen LogP contribution in [0.3, 0.4) is 0 Å². The van der Waals surface area contributed by atoms with E-state index < -0.39 is 23.9 Å². The molecule has 0 radical (unpaired) electrons. The normalized spacial score (nSPS) is 33.2. The summed E-state index contributed by atoms with van der Waals surface area (Å²) in [5.41, 5.74) is 0. The first-order valence-electron chi connectivity index (χ1n) is 2.65. The van der Waals surface area contributed by atoms with Gasteiger partial charge in [0, 0.05) is 12.2 Å². The first kappa shape index (κ1) is 7.34. The molecule has 10 heavy (non-hydrogen) atoms. The van der Waals surface area contributed by atoms with Gasteiger partial charge in [0.15, 0.2) is 0 Å². The lowest BCUT2D eigenvalue weighted by atomic mass is 10.1. The second-order valence-corrected chi connectivity index (χ2v) is 2.12. The van der Waals surface area contributed by atoms with Crippen LogP contribution in [0.15, 0.2) is 23.8 Å². The van der Waals surface area contributed by atoms with E-state index in [0.717, 1.165) is 0 Å². The molecule has 0 amide bonds. The van der Waals surface area contributed by atoms with Crippen molar-refractivity contribution in [2.75, 3.05) is 0 Å². The predicted molar refractivity (Wildman–Crippen MR) is 29.1 cm³/mol. The first-order valence-corrected chi connectivity index (χ1v) is 2.65. The largest absolute Gasteiger partial charge is 0.358 e. The average molecular weight is 150 g/mol. The summed E-state index contributed by atoms with van der Waals surface area (Å²) in [7, 11) is 0. The Bertz CT molecular complexity index is 205. The number of alkyl halides is 1. The summed E-state index contributed by atoms with van der Waals surface area (Å²) in [6, 6.07) is 0. The molecule has 1 N–H and O–H groups in total. The molecule has 0 aromatic carbocycles. The van der Waals surface area contributed by atoms with Gasteiger partial charge in [0.1, 0.15) is 11.7 Å². The lowest BCUT2D eigenvalue weighted by Gasteiger charge is -2.15. The topological polar surface area (TPSA) is 20.2 Å². The van der Waals surface area contributed by atoms with Crippen LogP contribution in [0.5, 0.6) is 0 Å². The van der Waals surface area contributed by atoms with Crippen LogP contribution in [0.2, 0.25) is 0 Å². The number of aliphatic hydroxyl groups is 1. The van der Waals surface area contributed by atoms with Crippen molar-refractivity contribution in [3.05, 3.63) is 23.8 Å². The zero-order chi connectivity index (χ0) is 7.78. The molecule has 4 heteroatoms. The van der Waals surface area contributed by atoms with Crippen LogP contribution in [0.4, 0.5) is 13.2 Å². The molecule has 0 aromatic heterocycles. The highest BCUT2D eigenvalue weighted by Gasteiger charge is 2.29. The molecular weight excluding hydrogens is 145 g/mol. The Labute approximate surface area is 55.5 Å². The van der Waals surface area contributed by atoms with Crippen molar-refractivity contribution in [2.24, 2.45) is 0 Å². The second-order valence-electron chi connectivity index (χ2n) is 2.12. The van der Waals surface area contributed by atoms with Crippen LogP contribution in [0.25, 0.3) is 0 Å². The van der Waals surface area contributed by atoms with E-state index in [1.807, 2.05) is 0 Å². The Kier molecular flexibility index (Phi) is 1.56. The molecule has 0 aromatic rings. The molecule has 0 saturated heterocycles. The average Bonchev–Trinajstić information content (AvgIpc) is 1.54. The highest BCUT2D eigenvalue weighted by atomic mass is 19.2. The molecule has 0 heterocycles. The van der Waals surface area contributed by atoms with Crippen LogP contribution in [-0.2, 0) is 0 Å². The third-order valence-electron chi connectivity index (χ3n) is 1.07. The molecular formula is C6H5F3O. The van der Waals surface area contributed by atoms with E-state index >= 15 is 0 Å².